The number of nitrogens with zero attached hydrogens (tertiary/aromatic N) is 5. The molecular weight excluding hydrogens is 252 g/mol. The molecule has 0 aromatic carbocycles. The quantitative estimate of drug-likeness (QED) is 0.614. The molecule has 8 heteroatoms. The third-order valence-electron chi connectivity index (χ3n) is 2.17. The first kappa shape index (κ1) is 12.5. The number of hydrogen-bond donors (Lipinski definition) is 1. The van der Waals surface area contributed by atoms with Crippen LogP contribution in [0.4, 0.5) is 0 Å². The lowest BCUT2D eigenvalue weighted by atomic mass is 10.3. The molecule has 1 N–H and O–H groups in total. The molecule has 0 saturated carbocycles. The van der Waals surface area contributed by atoms with Gasteiger partial charge in [-0.3, -0.25) is 9.48 Å². The van der Waals surface area contributed by atoms with E-state index in [2.05, 4.69) is 25.4 Å². The Morgan fingerprint density at radius 1 is 1.44 bits per heavy atom. The van der Waals surface area contributed by atoms with Gasteiger partial charge < -0.3 is 5.32 Å². The van der Waals surface area contributed by atoms with Crippen molar-refractivity contribution in [1.29, 1.82) is 0 Å². The summed E-state index contributed by atoms with van der Waals surface area (Å²) in [6, 6.07) is 0. The molecular formula is C10H12N6OS. The molecule has 0 aliphatic heterocycles. The first-order valence-corrected chi connectivity index (χ1v) is 6.48. The SMILES string of the molecule is CSc1ncc(C(=O)NCCn2cncn2)cn1. The average molecular weight is 264 g/mol. The topological polar surface area (TPSA) is 85.6 Å². The van der Waals surface area contributed by atoms with Crippen molar-refractivity contribution in [2.24, 2.45) is 0 Å². The van der Waals surface area contributed by atoms with Crippen LogP contribution in [-0.2, 0) is 6.54 Å². The zero-order valence-corrected chi connectivity index (χ0v) is 10.6. The second-order valence-electron chi connectivity index (χ2n) is 3.37. The number of nitrogens with one attached hydrogen (secondary N) is 1. The van der Waals surface area contributed by atoms with Crippen LogP contribution in [0.5, 0.6) is 0 Å². The van der Waals surface area contributed by atoms with Crippen molar-refractivity contribution in [3.8, 4) is 0 Å². The number of carbonyl (C=O) groups is 1. The van der Waals surface area contributed by atoms with E-state index in [0.717, 1.165) is 0 Å². The van der Waals surface area contributed by atoms with Crippen LogP contribution in [0.3, 0.4) is 0 Å². The van der Waals surface area contributed by atoms with E-state index in [1.54, 1.807) is 11.0 Å². The Balaban J connectivity index is 1.83. The maximum absolute atomic E-state index is 11.7. The van der Waals surface area contributed by atoms with Gasteiger partial charge in [0.25, 0.3) is 5.91 Å². The molecule has 0 atom stereocenters. The van der Waals surface area contributed by atoms with Crippen molar-refractivity contribution in [2.75, 3.05) is 12.8 Å². The van der Waals surface area contributed by atoms with Crippen LogP contribution >= 0.6 is 11.8 Å². The number of carbonyl (C=O) groups excluding carboxylic acids is 1. The highest BCUT2D eigenvalue weighted by Crippen LogP contribution is 2.06. The van der Waals surface area contributed by atoms with Gasteiger partial charge in [-0.05, 0) is 6.26 Å². The minimum absolute atomic E-state index is 0.192. The lowest BCUT2D eigenvalue weighted by Gasteiger charge is -2.04. The van der Waals surface area contributed by atoms with Gasteiger partial charge in [0.1, 0.15) is 12.7 Å². The summed E-state index contributed by atoms with van der Waals surface area (Å²) in [7, 11) is 0. The van der Waals surface area contributed by atoms with Crippen LogP contribution in [0.25, 0.3) is 0 Å². The predicted octanol–water partition coefficient (Wildman–Crippen LogP) is 0.220. The highest BCUT2D eigenvalue weighted by molar-refractivity contribution is 7.98. The number of amides is 1. The summed E-state index contributed by atoms with van der Waals surface area (Å²) in [6.07, 6.45) is 7.97. The van der Waals surface area contributed by atoms with Crippen LogP contribution in [0.2, 0.25) is 0 Å². The van der Waals surface area contributed by atoms with Gasteiger partial charge in [0, 0.05) is 18.9 Å². The fourth-order valence-electron chi connectivity index (χ4n) is 1.27. The molecule has 0 saturated heterocycles. The second-order valence-corrected chi connectivity index (χ2v) is 4.15. The van der Waals surface area contributed by atoms with Gasteiger partial charge in [0.15, 0.2) is 5.16 Å². The number of hydrogen-bond acceptors (Lipinski definition) is 6. The molecule has 0 radical (unpaired) electrons. The Kier molecular flexibility index (Phi) is 4.24. The number of thioether (sulfide) groups is 1. The Bertz CT molecular complexity index is 498. The van der Waals surface area contributed by atoms with Crippen LogP contribution in [-0.4, -0.2) is 43.4 Å². The molecule has 0 unspecified atom stereocenters. The molecule has 2 rings (SSSR count). The lowest BCUT2D eigenvalue weighted by Crippen LogP contribution is -2.27. The van der Waals surface area contributed by atoms with Gasteiger partial charge in [0.2, 0.25) is 0 Å². The summed E-state index contributed by atoms with van der Waals surface area (Å²) in [4.78, 5) is 23.6. The Morgan fingerprint density at radius 3 is 2.83 bits per heavy atom. The number of aromatic nitrogens is 5. The summed E-state index contributed by atoms with van der Waals surface area (Å²) >= 11 is 1.43. The molecule has 94 valence electrons. The van der Waals surface area contributed by atoms with Crippen molar-refractivity contribution in [3.05, 3.63) is 30.6 Å². The highest BCUT2D eigenvalue weighted by Gasteiger charge is 2.06. The van der Waals surface area contributed by atoms with Crippen molar-refractivity contribution in [1.82, 2.24) is 30.0 Å². The summed E-state index contributed by atoms with van der Waals surface area (Å²) < 4.78 is 1.65. The molecule has 2 aromatic heterocycles. The molecule has 0 fully saturated rings. The van der Waals surface area contributed by atoms with Crippen LogP contribution < -0.4 is 5.32 Å². The van der Waals surface area contributed by atoms with Crippen LogP contribution in [0.1, 0.15) is 10.4 Å². The Morgan fingerprint density at radius 2 is 2.22 bits per heavy atom. The molecule has 18 heavy (non-hydrogen) atoms. The summed E-state index contributed by atoms with van der Waals surface area (Å²) in [6.45, 7) is 1.06. The molecule has 1 amide bonds. The second kappa shape index (κ2) is 6.10. The first-order valence-electron chi connectivity index (χ1n) is 5.26. The van der Waals surface area contributed by atoms with Gasteiger partial charge in [-0.1, -0.05) is 11.8 Å². The summed E-state index contributed by atoms with van der Waals surface area (Å²) in [5.74, 6) is -0.192. The zero-order chi connectivity index (χ0) is 12.8. The summed E-state index contributed by atoms with van der Waals surface area (Å²) in [5, 5.41) is 7.34. The molecule has 0 aliphatic carbocycles. The van der Waals surface area contributed by atoms with Crippen molar-refractivity contribution in [3.63, 3.8) is 0 Å². The fraction of sp³-hybridized carbons (Fsp3) is 0.300. The van der Waals surface area contributed by atoms with E-state index >= 15 is 0 Å². The van der Waals surface area contributed by atoms with Crippen molar-refractivity contribution in [2.45, 2.75) is 11.7 Å². The minimum Gasteiger partial charge on any atom is -0.350 e. The van der Waals surface area contributed by atoms with Crippen molar-refractivity contribution >= 4 is 17.7 Å². The van der Waals surface area contributed by atoms with Crippen LogP contribution in [0.15, 0.2) is 30.2 Å². The third-order valence-corrected chi connectivity index (χ3v) is 2.74. The van der Waals surface area contributed by atoms with E-state index in [-0.39, 0.29) is 5.91 Å². The molecule has 2 aromatic rings. The largest absolute Gasteiger partial charge is 0.350 e. The van der Waals surface area contributed by atoms with E-state index in [9.17, 15) is 4.79 Å². The van der Waals surface area contributed by atoms with E-state index in [4.69, 9.17) is 0 Å². The van der Waals surface area contributed by atoms with Crippen molar-refractivity contribution < 1.29 is 4.79 Å². The number of rotatable bonds is 5. The summed E-state index contributed by atoms with van der Waals surface area (Å²) in [5.41, 5.74) is 0.450. The molecule has 0 spiro atoms. The molecule has 0 bridgehead atoms. The maximum atomic E-state index is 11.7. The van der Waals surface area contributed by atoms with E-state index in [1.807, 2.05) is 6.26 Å². The van der Waals surface area contributed by atoms with Gasteiger partial charge in [-0.25, -0.2) is 15.0 Å². The van der Waals surface area contributed by atoms with Gasteiger partial charge in [0.05, 0.1) is 12.1 Å². The monoisotopic (exact) mass is 264 g/mol. The third kappa shape index (κ3) is 3.27. The van der Waals surface area contributed by atoms with E-state index < -0.39 is 0 Å². The molecule has 0 aliphatic rings. The van der Waals surface area contributed by atoms with E-state index in [0.29, 0.717) is 23.8 Å². The fourth-order valence-corrected chi connectivity index (χ4v) is 1.59. The van der Waals surface area contributed by atoms with E-state index in [1.165, 1.54) is 30.5 Å². The first-order chi connectivity index (χ1) is 8.79. The van der Waals surface area contributed by atoms with Gasteiger partial charge in [-0.2, -0.15) is 5.10 Å². The molecule has 7 nitrogen and oxygen atoms in total. The van der Waals surface area contributed by atoms with Gasteiger partial charge >= 0.3 is 0 Å². The Labute approximate surface area is 108 Å². The zero-order valence-electron chi connectivity index (χ0n) is 9.78. The average Bonchev–Trinajstić information content (AvgIpc) is 2.92. The van der Waals surface area contributed by atoms with Gasteiger partial charge in [-0.15, -0.1) is 0 Å². The Hall–Kier alpha value is -1.96. The maximum Gasteiger partial charge on any atom is 0.254 e. The smallest absolute Gasteiger partial charge is 0.254 e. The molecule has 2 heterocycles. The van der Waals surface area contributed by atoms with Crippen LogP contribution in [0, 0.1) is 0 Å². The normalized spacial score (nSPS) is 10.3. The highest BCUT2D eigenvalue weighted by atomic mass is 32.2. The standard InChI is InChI=1S/C10H12N6OS/c1-18-10-13-4-8(5-14-10)9(17)12-2-3-16-7-11-6-15-16/h4-7H,2-3H2,1H3,(H,12,17). The predicted molar refractivity (Wildman–Crippen MR) is 66.2 cm³/mol. The minimum atomic E-state index is -0.192. The lowest BCUT2D eigenvalue weighted by molar-refractivity contribution is 0.0951.